The Labute approximate surface area is 847 Å². The molecular weight excluding hydrogens is 1870 g/mol. The van der Waals surface area contributed by atoms with Gasteiger partial charge in [0.25, 0.3) is 6.43 Å². The summed E-state index contributed by atoms with van der Waals surface area (Å²) in [5.41, 5.74) is 12.0. The summed E-state index contributed by atoms with van der Waals surface area (Å²) in [5, 5.41) is 26.1. The molecule has 18 rings (SSSR count). The van der Waals surface area contributed by atoms with Crippen molar-refractivity contribution in [3.8, 4) is 71.0 Å². The molecule has 0 radical (unpaired) electrons. The molecule has 0 spiro atoms. The predicted octanol–water partition coefficient (Wildman–Crippen LogP) is 24.6. The molecule has 0 saturated carbocycles. The lowest BCUT2D eigenvalue weighted by atomic mass is 10.1. The standard InChI is InChI=1S/C20H18ClN3O.C20H18FN3O.C20H19N3O.C19H14F3N3.C19H15F2N3.C19H16FN3/c2*1-25-13-16-12-17(21)10-9-15(16)6-4-5-11-22-20-18-7-2-3-8-19(18)23-14-24-20;1-24-14-17-10-3-2-8-16(17)9-6-7-13-21-20-18-11-4-5-12-19(18)22-15-23-20;20-19(21,22)16-10-3-1-7-14(16)8-5-6-12-23-18-15-9-2-4-11-17(15)24-13-25-18;20-18(21)15-9-2-1-7-14(15)8-5-6-12-22-19-16-10-3-4-11-17(16)23-13-24-19;20-13-16-9-2-1-7-15(16)8-5-6-12-21-19-17-10-3-4-11-18(17)22-14-23-19/h2*2-3,7-10,12,14H,5,11,13H2,1H3,(H,22,23,24);2-5,8,10-12,15H,7,13-14H2,1H3,(H,21,22,23);1-4,7,9-11,13H,6,12H2,(H,23,24,25);1-4,7,9-11,13,18H,6,12H2,(H,22,23,24);1-4,7,9-11,14H,6,12-13H2,(H,21,22,23). The van der Waals surface area contributed by atoms with Crippen LogP contribution in [-0.2, 0) is 46.9 Å². The van der Waals surface area contributed by atoms with E-state index < -0.39 is 24.8 Å². The molecule has 6 N–H and O–H groups in total. The van der Waals surface area contributed by atoms with Gasteiger partial charge in [-0.15, -0.1) is 0 Å². The molecule has 0 aliphatic heterocycles. The lowest BCUT2D eigenvalue weighted by molar-refractivity contribution is -0.137. The highest BCUT2D eigenvalue weighted by molar-refractivity contribution is 6.30. The van der Waals surface area contributed by atoms with Gasteiger partial charge in [-0.2, -0.15) is 13.2 Å². The quantitative estimate of drug-likeness (QED) is 0.0167. The fraction of sp³-hybridized carbons (Fsp3) is 0.179. The summed E-state index contributed by atoms with van der Waals surface area (Å²) in [6.45, 7) is 4.75. The maximum Gasteiger partial charge on any atom is 0.417 e. The number of rotatable bonds is 26. The Morgan fingerprint density at radius 3 is 0.884 bits per heavy atom. The van der Waals surface area contributed by atoms with Crippen LogP contribution in [0.5, 0.6) is 0 Å². The molecule has 29 heteroatoms. The Morgan fingerprint density at radius 2 is 0.548 bits per heavy atom. The zero-order valence-corrected chi connectivity index (χ0v) is 80.8. The number of ether oxygens (including phenoxy) is 3. The predicted molar refractivity (Wildman–Crippen MR) is 568 cm³/mol. The third-order valence-corrected chi connectivity index (χ3v) is 21.7. The van der Waals surface area contributed by atoms with Gasteiger partial charge in [0.2, 0.25) is 0 Å². The highest BCUT2D eigenvalue weighted by Gasteiger charge is 2.32. The summed E-state index contributed by atoms with van der Waals surface area (Å²) in [6, 6.07) is 84.1. The molecule has 0 atom stereocenters. The molecule has 0 fully saturated rings. The number of nitrogens with zero attached hydrogens (tertiary/aromatic N) is 12. The second-order valence-corrected chi connectivity index (χ2v) is 32.0. The van der Waals surface area contributed by atoms with E-state index in [0.29, 0.717) is 107 Å². The van der Waals surface area contributed by atoms with Crippen molar-refractivity contribution in [1.82, 2.24) is 59.8 Å². The van der Waals surface area contributed by atoms with E-state index in [1.807, 2.05) is 206 Å². The number of alkyl halides is 6. The van der Waals surface area contributed by atoms with E-state index >= 15 is 0 Å². The third-order valence-electron chi connectivity index (χ3n) is 21.5. The van der Waals surface area contributed by atoms with Gasteiger partial charge in [-0.05, 0) is 162 Å². The van der Waals surface area contributed by atoms with Crippen molar-refractivity contribution in [2.24, 2.45) is 0 Å². The summed E-state index contributed by atoms with van der Waals surface area (Å²) in [7, 11) is 4.94. The number of methoxy groups -OCH3 is 3. The average Bonchev–Trinajstić information content (AvgIpc) is 0.825. The molecule has 146 heavy (non-hydrogen) atoms. The number of halogens is 8. The number of para-hydroxylation sites is 6. The van der Waals surface area contributed by atoms with Crippen LogP contribution in [0.4, 0.5) is 65.6 Å². The number of hydrogen-bond donors (Lipinski definition) is 6. The Bertz CT molecular complexity index is 7630. The summed E-state index contributed by atoms with van der Waals surface area (Å²) in [5.74, 6) is 40.6. The number of fused-ring (bicyclic) bond motifs is 6. The molecule has 6 aromatic heterocycles. The maximum absolute atomic E-state index is 13.3. The first-order valence-electron chi connectivity index (χ1n) is 46.5. The first kappa shape index (κ1) is 106. The van der Waals surface area contributed by atoms with Crippen molar-refractivity contribution >= 4 is 112 Å². The normalized spacial score (nSPS) is 10.4. The van der Waals surface area contributed by atoms with Gasteiger partial charge < -0.3 is 46.1 Å². The van der Waals surface area contributed by atoms with Gasteiger partial charge in [0.1, 0.15) is 85.4 Å². The Morgan fingerprint density at radius 1 is 0.288 bits per heavy atom. The Kier molecular flexibility index (Phi) is 41.6. The molecule has 12 aromatic carbocycles. The van der Waals surface area contributed by atoms with Crippen LogP contribution < -0.4 is 31.9 Å². The first-order valence-corrected chi connectivity index (χ1v) is 46.8. The number of anilines is 6. The van der Waals surface area contributed by atoms with E-state index in [1.54, 1.807) is 83.0 Å². The van der Waals surface area contributed by atoms with Crippen molar-refractivity contribution < 1.29 is 44.9 Å². The van der Waals surface area contributed by atoms with Crippen molar-refractivity contribution in [2.45, 2.75) is 77.6 Å². The number of aromatic nitrogens is 12. The number of benzene rings is 12. The van der Waals surface area contributed by atoms with Crippen LogP contribution >= 0.6 is 11.6 Å². The first-order chi connectivity index (χ1) is 71.6. The Hall–Kier alpha value is -17.5. The summed E-state index contributed by atoms with van der Waals surface area (Å²) < 4.78 is 106. The lowest BCUT2D eigenvalue weighted by Gasteiger charge is -2.08. The summed E-state index contributed by atoms with van der Waals surface area (Å²) in [4.78, 5) is 51.0. The molecule has 21 nitrogen and oxygen atoms in total. The molecule has 0 amide bonds. The molecule has 0 aliphatic rings. The van der Waals surface area contributed by atoms with Gasteiger partial charge in [-0.25, -0.2) is 77.4 Å². The van der Waals surface area contributed by atoms with Crippen LogP contribution in [0.1, 0.15) is 112 Å². The second-order valence-electron chi connectivity index (χ2n) is 31.6. The Balaban J connectivity index is 0.000000147. The maximum atomic E-state index is 13.3. The van der Waals surface area contributed by atoms with Crippen molar-refractivity contribution in [3.05, 3.63) is 395 Å². The van der Waals surface area contributed by atoms with Gasteiger partial charge in [0.15, 0.2) is 0 Å². The van der Waals surface area contributed by atoms with E-state index in [4.69, 9.17) is 25.8 Å². The topological polar surface area (TPSA) is 255 Å². The van der Waals surface area contributed by atoms with E-state index in [-0.39, 0.29) is 16.9 Å². The molecule has 732 valence electrons. The highest BCUT2D eigenvalue weighted by atomic mass is 35.5. The zero-order valence-electron chi connectivity index (χ0n) is 80.0. The number of nitrogens with one attached hydrogen (secondary N) is 6. The van der Waals surface area contributed by atoms with Gasteiger partial charge in [0.05, 0.1) is 58.5 Å². The fourth-order valence-corrected chi connectivity index (χ4v) is 14.7. The molecule has 18 aromatic rings. The van der Waals surface area contributed by atoms with Crippen LogP contribution in [0.25, 0.3) is 65.4 Å². The molecule has 6 heterocycles. The van der Waals surface area contributed by atoms with E-state index in [1.165, 1.54) is 43.0 Å². The summed E-state index contributed by atoms with van der Waals surface area (Å²) >= 11 is 6.03. The monoisotopic (exact) mass is 1970 g/mol. The van der Waals surface area contributed by atoms with Gasteiger partial charge in [-0.1, -0.05) is 222 Å². The highest BCUT2D eigenvalue weighted by Crippen LogP contribution is 2.33. The third kappa shape index (κ3) is 32.5. The second kappa shape index (κ2) is 57.4. The minimum absolute atomic E-state index is 0.0116. The van der Waals surface area contributed by atoms with Gasteiger partial charge in [0, 0.05) is 175 Å². The van der Waals surface area contributed by atoms with Crippen LogP contribution in [0.15, 0.2) is 317 Å². The van der Waals surface area contributed by atoms with E-state index in [9.17, 15) is 30.7 Å². The van der Waals surface area contributed by atoms with Crippen molar-refractivity contribution in [3.63, 3.8) is 0 Å². The van der Waals surface area contributed by atoms with Gasteiger partial charge >= 0.3 is 6.18 Å². The van der Waals surface area contributed by atoms with Crippen LogP contribution in [0.3, 0.4) is 0 Å². The fourth-order valence-electron chi connectivity index (χ4n) is 14.5. The largest absolute Gasteiger partial charge is 0.417 e. The van der Waals surface area contributed by atoms with Gasteiger partial charge in [-0.3, -0.25) is 0 Å². The number of hydrogen-bond acceptors (Lipinski definition) is 21. The van der Waals surface area contributed by atoms with Crippen LogP contribution in [0, 0.1) is 76.9 Å². The molecule has 0 unspecified atom stereocenters. The zero-order chi connectivity index (χ0) is 102. The minimum Gasteiger partial charge on any atom is -0.380 e. The van der Waals surface area contributed by atoms with Crippen molar-refractivity contribution in [2.75, 3.05) is 92.5 Å². The molecular formula is C117H100ClF7N18O3. The lowest BCUT2D eigenvalue weighted by Crippen LogP contribution is -2.07. The van der Waals surface area contributed by atoms with E-state index in [0.717, 1.165) is 152 Å². The SMILES string of the molecule is COCc1cc(Cl)ccc1C#CCCNc1ncnc2ccccc12.COCc1cc(F)ccc1C#CCCNc1ncnc2ccccc12.COCc1ccccc1C#CCCNc1ncnc2ccccc12.FC(F)(F)c1ccccc1C#CCCNc1ncnc2ccccc12.FC(F)c1ccccc1C#CCCNc1ncnc2ccccc12.FCc1ccccc1C#CCCNc1ncnc2ccccc12. The molecule has 0 aliphatic carbocycles. The molecule has 0 bridgehead atoms. The van der Waals surface area contributed by atoms with Crippen molar-refractivity contribution in [1.29, 1.82) is 0 Å². The van der Waals surface area contributed by atoms with E-state index in [2.05, 4.69) is 163 Å². The van der Waals surface area contributed by atoms with Crippen LogP contribution in [0.2, 0.25) is 5.02 Å². The minimum atomic E-state index is -4.40. The van der Waals surface area contributed by atoms with Crippen LogP contribution in [-0.4, -0.2) is 120 Å². The summed E-state index contributed by atoms with van der Waals surface area (Å²) in [6.07, 6.45) is 5.96. The average molecular weight is 1970 g/mol. The molecule has 0 saturated heterocycles. The smallest absolute Gasteiger partial charge is 0.380 e.